The van der Waals surface area contributed by atoms with Crippen molar-refractivity contribution >= 4 is 22.9 Å². The summed E-state index contributed by atoms with van der Waals surface area (Å²) in [6.45, 7) is 0.199. The van der Waals surface area contributed by atoms with Gasteiger partial charge in [-0.15, -0.1) is 0 Å². The summed E-state index contributed by atoms with van der Waals surface area (Å²) in [5.41, 5.74) is 1.25. The number of fused-ring (bicyclic) bond motifs is 1. The van der Waals surface area contributed by atoms with E-state index in [2.05, 4.69) is 9.98 Å². The number of rotatable bonds is 5. The number of hydrogen-bond acceptors (Lipinski definition) is 5. The molecule has 9 heteroatoms. The quantitative estimate of drug-likeness (QED) is 0.476. The second-order valence-corrected chi connectivity index (χ2v) is 7.22. The number of aromatic hydroxyl groups is 1. The second kappa shape index (κ2) is 7.94. The fourth-order valence-corrected chi connectivity index (χ4v) is 3.50. The summed E-state index contributed by atoms with van der Waals surface area (Å²) >= 11 is 0. The van der Waals surface area contributed by atoms with Gasteiger partial charge in [-0.2, -0.15) is 0 Å². The third-order valence-electron chi connectivity index (χ3n) is 5.27. The van der Waals surface area contributed by atoms with Crippen molar-refractivity contribution in [2.24, 2.45) is 19.1 Å². The van der Waals surface area contributed by atoms with Crippen molar-refractivity contribution in [3.63, 3.8) is 0 Å². The van der Waals surface area contributed by atoms with E-state index < -0.39 is 17.1 Å². The Morgan fingerprint density at radius 2 is 1.71 bits per heavy atom. The van der Waals surface area contributed by atoms with Crippen molar-refractivity contribution in [2.45, 2.75) is 13.0 Å². The van der Waals surface area contributed by atoms with E-state index >= 15 is 0 Å². The van der Waals surface area contributed by atoms with Crippen LogP contribution in [0.25, 0.3) is 11.0 Å². The first-order chi connectivity index (χ1) is 14.9. The fourth-order valence-electron chi connectivity index (χ4n) is 3.50. The Labute approximate surface area is 176 Å². The second-order valence-electron chi connectivity index (χ2n) is 7.22. The number of aromatic nitrogens is 4. The van der Waals surface area contributed by atoms with Gasteiger partial charge in [0.1, 0.15) is 5.56 Å². The van der Waals surface area contributed by atoms with Crippen molar-refractivity contribution in [2.75, 3.05) is 0 Å². The molecule has 0 atom stereocenters. The van der Waals surface area contributed by atoms with Crippen molar-refractivity contribution in [3.8, 4) is 5.88 Å². The van der Waals surface area contributed by atoms with Crippen LogP contribution >= 0.6 is 0 Å². The van der Waals surface area contributed by atoms with Gasteiger partial charge in [-0.05, 0) is 30.2 Å². The van der Waals surface area contributed by atoms with Crippen LogP contribution in [0.5, 0.6) is 5.88 Å². The molecule has 9 nitrogen and oxygen atoms in total. The summed E-state index contributed by atoms with van der Waals surface area (Å²) in [4.78, 5) is 43.0. The molecule has 0 amide bonds. The minimum atomic E-state index is -0.726. The van der Waals surface area contributed by atoms with E-state index in [0.717, 1.165) is 15.6 Å². The summed E-state index contributed by atoms with van der Waals surface area (Å²) in [7, 11) is 3.35. The number of benzene rings is 2. The molecule has 2 N–H and O–H groups in total. The van der Waals surface area contributed by atoms with Crippen LogP contribution in [0.4, 0.5) is 5.69 Å². The molecule has 2 heterocycles. The van der Waals surface area contributed by atoms with Gasteiger partial charge in [0.05, 0.1) is 16.7 Å². The Hall–Kier alpha value is -4.14. The number of aliphatic imine (C=N–C) groups is 1. The van der Waals surface area contributed by atoms with Gasteiger partial charge >= 0.3 is 11.4 Å². The lowest BCUT2D eigenvalue weighted by Gasteiger charge is -2.09. The minimum absolute atomic E-state index is 0.116. The molecule has 158 valence electrons. The molecule has 31 heavy (non-hydrogen) atoms. The van der Waals surface area contributed by atoms with Crippen LogP contribution in [0.15, 0.2) is 67.9 Å². The third-order valence-corrected chi connectivity index (χ3v) is 5.27. The van der Waals surface area contributed by atoms with Crippen molar-refractivity contribution in [1.82, 2.24) is 18.7 Å². The van der Waals surface area contributed by atoms with E-state index in [0.29, 0.717) is 17.6 Å². The fraction of sp³-hybridized carbons (Fsp3) is 0.182. The number of H-pyrrole nitrogens is 1. The van der Waals surface area contributed by atoms with Crippen molar-refractivity contribution in [3.05, 3.63) is 91.0 Å². The van der Waals surface area contributed by atoms with E-state index in [1.807, 2.05) is 30.3 Å². The molecular weight excluding hydrogens is 398 g/mol. The normalized spacial score (nSPS) is 11.5. The van der Waals surface area contributed by atoms with E-state index in [9.17, 15) is 19.5 Å². The Bertz CT molecular complexity index is 1470. The van der Waals surface area contributed by atoms with E-state index in [4.69, 9.17) is 0 Å². The first-order valence-corrected chi connectivity index (χ1v) is 9.66. The zero-order chi connectivity index (χ0) is 22.1. The highest BCUT2D eigenvalue weighted by Gasteiger charge is 2.13. The Kier molecular flexibility index (Phi) is 5.16. The van der Waals surface area contributed by atoms with Gasteiger partial charge in [0.25, 0.3) is 5.56 Å². The zero-order valence-electron chi connectivity index (χ0n) is 17.1. The Balaban J connectivity index is 1.68. The SMILES string of the molecule is Cn1c(=O)n(C)c2cc(N=Cc3c(O)n(CCc4ccccc4)c(=O)[nH]c3=O)ccc21. The lowest BCUT2D eigenvalue weighted by atomic mass is 10.1. The maximum absolute atomic E-state index is 12.3. The van der Waals surface area contributed by atoms with Crippen LogP contribution in [-0.4, -0.2) is 30.0 Å². The smallest absolute Gasteiger partial charge is 0.331 e. The minimum Gasteiger partial charge on any atom is -0.494 e. The molecule has 4 aromatic rings. The van der Waals surface area contributed by atoms with Crippen LogP contribution in [0.3, 0.4) is 0 Å². The predicted octanol–water partition coefficient (Wildman–Crippen LogP) is 1.43. The molecule has 0 radical (unpaired) electrons. The van der Waals surface area contributed by atoms with Gasteiger partial charge in [0.15, 0.2) is 0 Å². The monoisotopic (exact) mass is 419 g/mol. The molecule has 0 saturated heterocycles. The highest BCUT2D eigenvalue weighted by Crippen LogP contribution is 2.20. The molecule has 0 saturated carbocycles. The summed E-state index contributed by atoms with van der Waals surface area (Å²) in [5, 5.41) is 10.6. The average molecular weight is 419 g/mol. The van der Waals surface area contributed by atoms with Crippen molar-refractivity contribution in [1.29, 1.82) is 0 Å². The maximum atomic E-state index is 12.3. The van der Waals surface area contributed by atoms with Gasteiger partial charge in [0.2, 0.25) is 5.88 Å². The first kappa shape index (κ1) is 20.1. The number of aryl methyl sites for hydroxylation is 3. The van der Waals surface area contributed by atoms with Gasteiger partial charge in [-0.3, -0.25) is 28.5 Å². The van der Waals surface area contributed by atoms with Crippen LogP contribution < -0.4 is 16.9 Å². The molecule has 2 aromatic heterocycles. The Morgan fingerprint density at radius 3 is 2.45 bits per heavy atom. The summed E-state index contributed by atoms with van der Waals surface area (Å²) < 4.78 is 4.14. The van der Waals surface area contributed by atoms with Gasteiger partial charge in [0, 0.05) is 26.9 Å². The van der Waals surface area contributed by atoms with Gasteiger partial charge in [-0.1, -0.05) is 30.3 Å². The lowest BCUT2D eigenvalue weighted by molar-refractivity contribution is 0.399. The average Bonchev–Trinajstić information content (AvgIpc) is 2.97. The topological polar surface area (TPSA) is 114 Å². The zero-order valence-corrected chi connectivity index (χ0v) is 17.1. The van der Waals surface area contributed by atoms with E-state index in [1.54, 1.807) is 32.3 Å². The molecule has 0 aliphatic heterocycles. The van der Waals surface area contributed by atoms with Crippen LogP contribution in [-0.2, 0) is 27.1 Å². The first-order valence-electron chi connectivity index (χ1n) is 9.66. The standard InChI is InChI=1S/C22H21N5O4/c1-25-17-9-8-15(12-18(17)26(2)22(25)31)23-13-16-19(28)24-21(30)27(20(16)29)11-10-14-6-4-3-5-7-14/h3-9,12-13,29H,10-11H2,1-2H3,(H,24,28,30). The summed E-state index contributed by atoms with van der Waals surface area (Å²) in [6.07, 6.45) is 1.73. The molecule has 0 fully saturated rings. The molecule has 0 bridgehead atoms. The highest BCUT2D eigenvalue weighted by atomic mass is 16.3. The number of hydrogen-bond donors (Lipinski definition) is 2. The third kappa shape index (κ3) is 3.73. The van der Waals surface area contributed by atoms with Crippen molar-refractivity contribution < 1.29 is 5.11 Å². The molecule has 0 aliphatic rings. The number of nitrogens with one attached hydrogen (secondary N) is 1. The predicted molar refractivity (Wildman–Crippen MR) is 119 cm³/mol. The summed E-state index contributed by atoms with van der Waals surface area (Å²) in [6, 6.07) is 14.7. The summed E-state index contributed by atoms with van der Waals surface area (Å²) in [5.74, 6) is -0.443. The molecule has 2 aromatic carbocycles. The maximum Gasteiger partial charge on any atom is 0.331 e. The van der Waals surface area contributed by atoms with Crippen LogP contribution in [0, 0.1) is 0 Å². The number of imidazole rings is 1. The largest absolute Gasteiger partial charge is 0.494 e. The number of nitrogens with zero attached hydrogens (tertiary/aromatic N) is 4. The van der Waals surface area contributed by atoms with E-state index in [-0.39, 0.29) is 17.8 Å². The van der Waals surface area contributed by atoms with Gasteiger partial charge < -0.3 is 5.11 Å². The molecule has 0 spiro atoms. The highest BCUT2D eigenvalue weighted by molar-refractivity contribution is 5.86. The lowest BCUT2D eigenvalue weighted by Crippen LogP contribution is -2.32. The van der Waals surface area contributed by atoms with Crippen LogP contribution in [0.1, 0.15) is 11.1 Å². The molecular formula is C22H21N5O4. The van der Waals surface area contributed by atoms with E-state index in [1.165, 1.54) is 15.3 Å². The van der Waals surface area contributed by atoms with Crippen LogP contribution in [0.2, 0.25) is 0 Å². The Morgan fingerprint density at radius 1 is 1.00 bits per heavy atom. The molecule has 0 unspecified atom stereocenters. The molecule has 0 aliphatic carbocycles. The molecule has 4 rings (SSSR count). The van der Waals surface area contributed by atoms with Gasteiger partial charge in [-0.25, -0.2) is 9.59 Å². The number of aromatic amines is 1.